The van der Waals surface area contributed by atoms with Gasteiger partial charge in [-0.25, -0.2) is 4.39 Å². The van der Waals surface area contributed by atoms with E-state index in [2.05, 4.69) is 20.9 Å². The lowest BCUT2D eigenvalue weighted by molar-refractivity contribution is 0.104. The van der Waals surface area contributed by atoms with Crippen LogP contribution in [0.2, 0.25) is 5.02 Å². The standard InChI is InChI=1S/C15H8BrClFNO/c16-12-5-8(1-3-13(12)17)15(20)11-7-19-14-4-2-9(18)6-10(11)14/h1-7,19H. The number of aromatic nitrogens is 1. The van der Waals surface area contributed by atoms with Crippen molar-refractivity contribution in [2.45, 2.75) is 0 Å². The van der Waals surface area contributed by atoms with E-state index in [4.69, 9.17) is 11.6 Å². The van der Waals surface area contributed by atoms with E-state index in [0.717, 1.165) is 5.52 Å². The maximum atomic E-state index is 13.3. The first-order valence-electron chi connectivity index (χ1n) is 5.82. The van der Waals surface area contributed by atoms with Gasteiger partial charge in [-0.2, -0.15) is 0 Å². The zero-order valence-electron chi connectivity index (χ0n) is 10.1. The topological polar surface area (TPSA) is 32.9 Å². The predicted octanol–water partition coefficient (Wildman–Crippen LogP) is 4.95. The third-order valence-corrected chi connectivity index (χ3v) is 4.28. The highest BCUT2D eigenvalue weighted by atomic mass is 79.9. The maximum Gasteiger partial charge on any atom is 0.195 e. The predicted molar refractivity (Wildman–Crippen MR) is 80.8 cm³/mol. The Labute approximate surface area is 127 Å². The fraction of sp³-hybridized carbons (Fsp3) is 0. The Balaban J connectivity index is 2.12. The highest BCUT2D eigenvalue weighted by Crippen LogP contribution is 2.26. The second kappa shape index (κ2) is 5.04. The minimum atomic E-state index is -0.372. The highest BCUT2D eigenvalue weighted by molar-refractivity contribution is 9.10. The summed E-state index contributed by atoms with van der Waals surface area (Å²) in [6, 6.07) is 9.26. The fourth-order valence-electron chi connectivity index (χ4n) is 2.07. The van der Waals surface area contributed by atoms with E-state index in [0.29, 0.717) is 26.0 Å². The molecular weight excluding hydrogens is 345 g/mol. The van der Waals surface area contributed by atoms with Crippen LogP contribution in [0, 0.1) is 5.82 Å². The van der Waals surface area contributed by atoms with Crippen LogP contribution < -0.4 is 0 Å². The summed E-state index contributed by atoms with van der Waals surface area (Å²) in [5.74, 6) is -0.553. The number of hydrogen-bond donors (Lipinski definition) is 1. The van der Waals surface area contributed by atoms with E-state index in [-0.39, 0.29) is 11.6 Å². The summed E-state index contributed by atoms with van der Waals surface area (Å²) in [7, 11) is 0. The lowest BCUT2D eigenvalue weighted by Gasteiger charge is -2.02. The van der Waals surface area contributed by atoms with Gasteiger partial charge in [0.2, 0.25) is 0 Å². The molecule has 1 aromatic heterocycles. The number of ketones is 1. The first kappa shape index (κ1) is 13.3. The van der Waals surface area contributed by atoms with Gasteiger partial charge in [-0.05, 0) is 52.3 Å². The molecule has 0 saturated heterocycles. The summed E-state index contributed by atoms with van der Waals surface area (Å²) in [5.41, 5.74) is 1.66. The van der Waals surface area contributed by atoms with Crippen molar-refractivity contribution in [3.05, 3.63) is 69.0 Å². The number of hydrogen-bond acceptors (Lipinski definition) is 1. The Morgan fingerprint density at radius 3 is 2.75 bits per heavy atom. The monoisotopic (exact) mass is 351 g/mol. The molecule has 2 nitrogen and oxygen atoms in total. The van der Waals surface area contributed by atoms with Gasteiger partial charge in [-0.15, -0.1) is 0 Å². The van der Waals surface area contributed by atoms with Crippen LogP contribution in [-0.2, 0) is 0 Å². The number of carbonyl (C=O) groups is 1. The average Bonchev–Trinajstić information content (AvgIpc) is 2.84. The van der Waals surface area contributed by atoms with Crippen LogP contribution in [0.1, 0.15) is 15.9 Å². The van der Waals surface area contributed by atoms with Crippen molar-refractivity contribution in [1.29, 1.82) is 0 Å². The van der Waals surface area contributed by atoms with Gasteiger partial charge in [0.15, 0.2) is 5.78 Å². The second-order valence-corrected chi connectivity index (χ2v) is 5.61. The third-order valence-electron chi connectivity index (χ3n) is 3.07. The van der Waals surface area contributed by atoms with E-state index >= 15 is 0 Å². The number of carbonyl (C=O) groups excluding carboxylic acids is 1. The molecule has 2 aromatic carbocycles. The molecule has 0 bridgehead atoms. The van der Waals surface area contributed by atoms with Crippen molar-refractivity contribution in [3.8, 4) is 0 Å². The number of fused-ring (bicyclic) bond motifs is 1. The molecule has 0 unspecified atom stereocenters. The van der Waals surface area contributed by atoms with Crippen molar-refractivity contribution in [3.63, 3.8) is 0 Å². The first-order chi connectivity index (χ1) is 9.56. The van der Waals surface area contributed by atoms with Crippen LogP contribution in [0.3, 0.4) is 0 Å². The van der Waals surface area contributed by atoms with Gasteiger partial charge >= 0.3 is 0 Å². The summed E-state index contributed by atoms with van der Waals surface area (Å²) in [4.78, 5) is 15.5. The Bertz CT molecular complexity index is 828. The molecular formula is C15H8BrClFNO. The van der Waals surface area contributed by atoms with Crippen molar-refractivity contribution in [1.82, 2.24) is 4.98 Å². The van der Waals surface area contributed by atoms with Gasteiger partial charge in [0.05, 0.1) is 5.02 Å². The van der Waals surface area contributed by atoms with E-state index in [1.54, 1.807) is 30.5 Å². The summed E-state index contributed by atoms with van der Waals surface area (Å²) >= 11 is 9.20. The Morgan fingerprint density at radius 1 is 1.20 bits per heavy atom. The van der Waals surface area contributed by atoms with Gasteiger partial charge in [0.1, 0.15) is 5.82 Å². The summed E-state index contributed by atoms with van der Waals surface area (Å²) in [6.07, 6.45) is 1.59. The lowest BCUT2D eigenvalue weighted by atomic mass is 10.0. The summed E-state index contributed by atoms with van der Waals surface area (Å²) < 4.78 is 14.0. The number of nitrogens with one attached hydrogen (secondary N) is 1. The van der Waals surface area contributed by atoms with Gasteiger partial charge in [-0.3, -0.25) is 4.79 Å². The summed E-state index contributed by atoms with van der Waals surface area (Å²) in [6.45, 7) is 0. The van der Waals surface area contributed by atoms with Gasteiger partial charge in [-0.1, -0.05) is 11.6 Å². The highest BCUT2D eigenvalue weighted by Gasteiger charge is 2.15. The maximum absolute atomic E-state index is 13.3. The minimum Gasteiger partial charge on any atom is -0.360 e. The molecule has 0 aliphatic rings. The smallest absolute Gasteiger partial charge is 0.195 e. The SMILES string of the molecule is O=C(c1ccc(Cl)c(Br)c1)c1c[nH]c2ccc(F)cc12. The molecule has 0 amide bonds. The van der Waals surface area contributed by atoms with Crippen molar-refractivity contribution in [2.75, 3.05) is 0 Å². The summed E-state index contributed by atoms with van der Waals surface area (Å²) in [5, 5.41) is 1.10. The Morgan fingerprint density at radius 2 is 2.00 bits per heavy atom. The minimum absolute atomic E-state index is 0.181. The molecule has 20 heavy (non-hydrogen) atoms. The van der Waals surface area contributed by atoms with Crippen LogP contribution in [0.5, 0.6) is 0 Å². The quantitative estimate of drug-likeness (QED) is 0.650. The molecule has 3 aromatic rings. The third kappa shape index (κ3) is 2.25. The molecule has 0 spiro atoms. The molecule has 0 aliphatic carbocycles. The largest absolute Gasteiger partial charge is 0.360 e. The zero-order chi connectivity index (χ0) is 14.3. The van der Waals surface area contributed by atoms with E-state index in [9.17, 15) is 9.18 Å². The van der Waals surface area contributed by atoms with E-state index in [1.165, 1.54) is 12.1 Å². The number of benzene rings is 2. The molecule has 0 fully saturated rings. The fourth-order valence-corrected chi connectivity index (χ4v) is 2.57. The van der Waals surface area contributed by atoms with Crippen LogP contribution in [-0.4, -0.2) is 10.8 Å². The number of rotatable bonds is 2. The van der Waals surface area contributed by atoms with Crippen LogP contribution in [0.15, 0.2) is 47.1 Å². The van der Waals surface area contributed by atoms with E-state index in [1.807, 2.05) is 0 Å². The lowest BCUT2D eigenvalue weighted by Crippen LogP contribution is -2.00. The Kier molecular flexibility index (Phi) is 3.36. The molecule has 3 rings (SSSR count). The molecule has 0 saturated carbocycles. The first-order valence-corrected chi connectivity index (χ1v) is 7.00. The van der Waals surface area contributed by atoms with Gasteiger partial charge < -0.3 is 4.98 Å². The average molecular weight is 353 g/mol. The van der Waals surface area contributed by atoms with Crippen molar-refractivity contribution in [2.24, 2.45) is 0 Å². The molecule has 0 aliphatic heterocycles. The van der Waals surface area contributed by atoms with Crippen LogP contribution in [0.4, 0.5) is 4.39 Å². The zero-order valence-corrected chi connectivity index (χ0v) is 12.4. The molecule has 0 radical (unpaired) electrons. The molecule has 0 atom stereocenters. The normalized spacial score (nSPS) is 10.9. The second-order valence-electron chi connectivity index (χ2n) is 4.35. The van der Waals surface area contributed by atoms with E-state index < -0.39 is 0 Å². The molecule has 1 N–H and O–H groups in total. The van der Waals surface area contributed by atoms with Gasteiger partial charge in [0.25, 0.3) is 0 Å². The van der Waals surface area contributed by atoms with Crippen LogP contribution >= 0.6 is 27.5 Å². The molecule has 100 valence electrons. The van der Waals surface area contributed by atoms with Gasteiger partial charge in [0, 0.05) is 32.7 Å². The van der Waals surface area contributed by atoms with Crippen LogP contribution in [0.25, 0.3) is 10.9 Å². The van der Waals surface area contributed by atoms with Crippen molar-refractivity contribution >= 4 is 44.2 Å². The number of halogens is 3. The Hall–Kier alpha value is -1.65. The molecule has 5 heteroatoms. The number of H-pyrrole nitrogens is 1. The molecule has 1 heterocycles. The number of aromatic amines is 1. The van der Waals surface area contributed by atoms with Crippen molar-refractivity contribution < 1.29 is 9.18 Å².